The minimum Gasteiger partial charge on any atom is -0.497 e. The van der Waals surface area contributed by atoms with E-state index in [4.69, 9.17) is 4.74 Å². The van der Waals surface area contributed by atoms with Gasteiger partial charge in [-0.15, -0.1) is 0 Å². The Labute approximate surface area is 155 Å². The minimum absolute atomic E-state index is 0.0513. The number of hydrogen-bond acceptors (Lipinski definition) is 2. The van der Waals surface area contributed by atoms with Crippen LogP contribution in [0.2, 0.25) is 0 Å². The van der Waals surface area contributed by atoms with E-state index >= 15 is 0 Å². The van der Waals surface area contributed by atoms with Gasteiger partial charge in [0.2, 0.25) is 5.91 Å². The zero-order valence-electron chi connectivity index (χ0n) is 15.7. The van der Waals surface area contributed by atoms with Crippen molar-refractivity contribution in [3.05, 3.63) is 64.7 Å². The van der Waals surface area contributed by atoms with Gasteiger partial charge in [-0.2, -0.15) is 0 Å². The van der Waals surface area contributed by atoms with E-state index in [-0.39, 0.29) is 11.3 Å². The lowest BCUT2D eigenvalue weighted by Crippen LogP contribution is -2.37. The van der Waals surface area contributed by atoms with Crippen molar-refractivity contribution in [3.63, 3.8) is 0 Å². The molecule has 1 spiro atoms. The Balaban J connectivity index is 1.70. The van der Waals surface area contributed by atoms with E-state index in [1.807, 2.05) is 0 Å². The summed E-state index contributed by atoms with van der Waals surface area (Å²) in [5.41, 5.74) is 6.14. The van der Waals surface area contributed by atoms with Gasteiger partial charge < -0.3 is 10.1 Å². The van der Waals surface area contributed by atoms with Crippen LogP contribution in [0, 0.1) is 5.41 Å². The number of fused-ring (bicyclic) bond motifs is 2. The molecule has 1 atom stereocenters. The summed E-state index contributed by atoms with van der Waals surface area (Å²) >= 11 is 0. The van der Waals surface area contributed by atoms with E-state index in [9.17, 15) is 4.79 Å². The van der Waals surface area contributed by atoms with Crippen LogP contribution in [0.3, 0.4) is 0 Å². The molecule has 1 amide bonds. The maximum atomic E-state index is 11.4. The second kappa shape index (κ2) is 6.79. The lowest BCUT2D eigenvalue weighted by Gasteiger charge is -2.43. The van der Waals surface area contributed by atoms with Gasteiger partial charge >= 0.3 is 0 Å². The Kier molecular flexibility index (Phi) is 4.47. The van der Waals surface area contributed by atoms with E-state index < -0.39 is 0 Å². The molecule has 0 aliphatic heterocycles. The van der Waals surface area contributed by atoms with Crippen LogP contribution in [0.25, 0.3) is 0 Å². The van der Waals surface area contributed by atoms with Gasteiger partial charge in [-0.1, -0.05) is 30.3 Å². The molecule has 1 N–H and O–H groups in total. The lowest BCUT2D eigenvalue weighted by atomic mass is 9.61. The molecule has 2 aliphatic carbocycles. The van der Waals surface area contributed by atoms with Crippen molar-refractivity contribution in [2.75, 3.05) is 13.7 Å². The summed E-state index contributed by atoms with van der Waals surface area (Å²) in [4.78, 5) is 11.4. The van der Waals surface area contributed by atoms with E-state index in [2.05, 4.69) is 47.8 Å². The topological polar surface area (TPSA) is 38.3 Å². The van der Waals surface area contributed by atoms with Crippen molar-refractivity contribution in [2.24, 2.45) is 5.41 Å². The minimum atomic E-state index is 0.0513. The van der Waals surface area contributed by atoms with Gasteiger partial charge in [0.25, 0.3) is 0 Å². The molecule has 0 bridgehead atoms. The van der Waals surface area contributed by atoms with Gasteiger partial charge in [-0.3, -0.25) is 4.79 Å². The average molecular weight is 349 g/mol. The summed E-state index contributed by atoms with van der Waals surface area (Å²) < 4.78 is 5.51. The second-order valence-corrected chi connectivity index (χ2v) is 7.87. The number of nitrogens with one attached hydrogen (secondary N) is 1. The predicted octanol–water partition coefficient (Wildman–Crippen LogP) is 4.04. The largest absolute Gasteiger partial charge is 0.497 e. The summed E-state index contributed by atoms with van der Waals surface area (Å²) in [6, 6.07) is 15.4. The average Bonchev–Trinajstić information content (AvgIpc) is 3.01. The Morgan fingerprint density at radius 3 is 2.54 bits per heavy atom. The fourth-order valence-electron chi connectivity index (χ4n) is 5.14. The molecule has 2 aromatic carbocycles. The first-order valence-electron chi connectivity index (χ1n) is 9.59. The van der Waals surface area contributed by atoms with Gasteiger partial charge in [-0.05, 0) is 77.8 Å². The number of ether oxygens (including phenoxy) is 1. The van der Waals surface area contributed by atoms with Crippen molar-refractivity contribution in [1.82, 2.24) is 5.32 Å². The number of carbonyl (C=O) groups is 1. The number of methoxy groups -OCH3 is 1. The molecule has 2 aromatic rings. The van der Waals surface area contributed by atoms with Gasteiger partial charge in [-0.25, -0.2) is 0 Å². The van der Waals surface area contributed by atoms with Crippen LogP contribution in [0.4, 0.5) is 0 Å². The Morgan fingerprint density at radius 1 is 1.15 bits per heavy atom. The van der Waals surface area contributed by atoms with Crippen molar-refractivity contribution in [3.8, 4) is 5.75 Å². The quantitative estimate of drug-likeness (QED) is 0.905. The highest BCUT2D eigenvalue weighted by Crippen LogP contribution is 2.55. The maximum absolute atomic E-state index is 11.4. The number of benzene rings is 2. The van der Waals surface area contributed by atoms with E-state index in [1.165, 1.54) is 28.7 Å². The van der Waals surface area contributed by atoms with Crippen molar-refractivity contribution in [2.45, 2.75) is 44.9 Å². The first kappa shape index (κ1) is 17.1. The molecule has 2 aliphatic rings. The molecule has 3 heteroatoms. The van der Waals surface area contributed by atoms with Crippen LogP contribution in [0.1, 0.15) is 47.9 Å². The third-order valence-electron chi connectivity index (χ3n) is 6.37. The Morgan fingerprint density at radius 2 is 1.88 bits per heavy atom. The molecule has 1 unspecified atom stereocenters. The second-order valence-electron chi connectivity index (χ2n) is 7.87. The highest BCUT2D eigenvalue weighted by Gasteiger charge is 2.46. The van der Waals surface area contributed by atoms with Crippen LogP contribution < -0.4 is 10.1 Å². The molecule has 0 radical (unpaired) electrons. The first-order valence-corrected chi connectivity index (χ1v) is 9.59. The van der Waals surface area contributed by atoms with Crippen LogP contribution in [0.15, 0.2) is 42.5 Å². The lowest BCUT2D eigenvalue weighted by molar-refractivity contribution is -0.119. The van der Waals surface area contributed by atoms with E-state index in [1.54, 1.807) is 14.0 Å². The number of amides is 1. The first-order chi connectivity index (χ1) is 12.6. The maximum Gasteiger partial charge on any atom is 0.216 e. The van der Waals surface area contributed by atoms with Gasteiger partial charge in [0.05, 0.1) is 7.11 Å². The van der Waals surface area contributed by atoms with Gasteiger partial charge in [0.15, 0.2) is 0 Å². The molecular formula is C23H27NO2. The van der Waals surface area contributed by atoms with E-state index in [0.29, 0.717) is 5.92 Å². The molecule has 4 rings (SSSR count). The number of rotatable bonds is 4. The van der Waals surface area contributed by atoms with Crippen molar-refractivity contribution >= 4 is 5.91 Å². The highest BCUT2D eigenvalue weighted by atomic mass is 16.5. The van der Waals surface area contributed by atoms with Gasteiger partial charge in [0.1, 0.15) is 5.75 Å². The molecule has 26 heavy (non-hydrogen) atoms. The summed E-state index contributed by atoms with van der Waals surface area (Å²) in [5.74, 6) is 1.43. The molecule has 0 saturated heterocycles. The van der Waals surface area contributed by atoms with Crippen LogP contribution in [-0.2, 0) is 24.1 Å². The fourth-order valence-corrected chi connectivity index (χ4v) is 5.14. The zero-order chi connectivity index (χ0) is 18.1. The molecule has 0 saturated carbocycles. The zero-order valence-corrected chi connectivity index (χ0v) is 15.7. The summed E-state index contributed by atoms with van der Waals surface area (Å²) in [7, 11) is 1.73. The molecule has 136 valence electrons. The number of aryl methyl sites for hydroxylation is 1. The number of hydrogen-bond donors (Lipinski definition) is 1. The van der Waals surface area contributed by atoms with Crippen LogP contribution >= 0.6 is 0 Å². The van der Waals surface area contributed by atoms with Crippen LogP contribution in [-0.4, -0.2) is 19.6 Å². The molecule has 0 fully saturated rings. The highest BCUT2D eigenvalue weighted by molar-refractivity contribution is 5.72. The smallest absolute Gasteiger partial charge is 0.216 e. The van der Waals surface area contributed by atoms with Crippen molar-refractivity contribution < 1.29 is 9.53 Å². The number of carbonyl (C=O) groups excluding carboxylic acids is 1. The monoisotopic (exact) mass is 349 g/mol. The van der Waals surface area contributed by atoms with Crippen LogP contribution in [0.5, 0.6) is 5.75 Å². The summed E-state index contributed by atoms with van der Waals surface area (Å²) in [6.07, 6.45) is 5.61. The Hall–Kier alpha value is -2.29. The van der Waals surface area contributed by atoms with Crippen molar-refractivity contribution in [1.29, 1.82) is 0 Å². The third-order valence-corrected chi connectivity index (χ3v) is 6.37. The normalized spacial score (nSPS) is 19.7. The SMILES string of the molecule is COc1ccc2c(c1)C(CCNC(C)=O)C1(CC2)Cc2ccccc2C1. The summed E-state index contributed by atoms with van der Waals surface area (Å²) in [5, 5.41) is 3.01. The molecular weight excluding hydrogens is 322 g/mol. The van der Waals surface area contributed by atoms with Gasteiger partial charge in [0, 0.05) is 13.5 Å². The molecule has 0 heterocycles. The predicted molar refractivity (Wildman–Crippen MR) is 104 cm³/mol. The van der Waals surface area contributed by atoms with E-state index in [0.717, 1.165) is 38.0 Å². The standard InChI is InChI=1S/C23H27NO2/c1-16(25)24-12-10-22-21-13-20(26-2)8-7-17(21)9-11-23(22)14-18-5-3-4-6-19(18)15-23/h3-8,13,22H,9-12,14-15H2,1-2H3,(H,24,25). The summed E-state index contributed by atoms with van der Waals surface area (Å²) in [6.45, 7) is 2.33. The molecule has 0 aromatic heterocycles. The fraction of sp³-hybridized carbons (Fsp3) is 0.435. The Bertz CT molecular complexity index is 802. The third kappa shape index (κ3) is 3.00. The molecule has 3 nitrogen and oxygen atoms in total.